The lowest BCUT2D eigenvalue weighted by Crippen LogP contribution is -2.11. The first kappa shape index (κ1) is 12.8. The number of nitrogens with zero attached hydrogens (tertiary/aromatic N) is 2. The molecule has 70 valence electrons. The van der Waals surface area contributed by atoms with Gasteiger partial charge in [-0.3, -0.25) is 0 Å². The van der Waals surface area contributed by atoms with E-state index in [0.29, 0.717) is 6.61 Å². The molecule has 0 aromatic heterocycles. The summed E-state index contributed by atoms with van der Waals surface area (Å²) in [5.41, 5.74) is 4.54. The summed E-state index contributed by atoms with van der Waals surface area (Å²) in [4.78, 5) is 9.60. The quantitative estimate of drug-likeness (QED) is 0.312. The van der Waals surface area contributed by atoms with Crippen LogP contribution in [0.2, 0.25) is 0 Å². The van der Waals surface area contributed by atoms with Crippen LogP contribution in [0, 0.1) is 0 Å². The molecular weight excluding hydrogens is 166 g/mol. The van der Waals surface area contributed by atoms with Gasteiger partial charge in [0.05, 0.1) is 19.0 Å². The van der Waals surface area contributed by atoms with Gasteiger partial charge >= 0.3 is 6.09 Å². The molecule has 0 aromatic rings. The van der Waals surface area contributed by atoms with Crippen LogP contribution in [-0.2, 0) is 4.74 Å². The third kappa shape index (κ3) is 24.1. The molecule has 7 nitrogen and oxygen atoms in total. The Morgan fingerprint density at radius 1 is 1.50 bits per heavy atom. The molecule has 12 heavy (non-hydrogen) atoms. The van der Waals surface area contributed by atoms with Crippen molar-refractivity contribution in [2.45, 2.75) is 6.92 Å². The Balaban J connectivity index is 0. The molecular formula is C5H11N3O4. The SMILES string of the molecule is CCOC(N)=O.O/N=C/C=N/O. The molecule has 0 saturated carbocycles. The summed E-state index contributed by atoms with van der Waals surface area (Å²) in [7, 11) is 0. The Labute approximate surface area is 69.1 Å². The molecule has 0 heterocycles. The number of primary amides is 1. The summed E-state index contributed by atoms with van der Waals surface area (Å²) < 4.78 is 4.18. The van der Waals surface area contributed by atoms with Gasteiger partial charge in [0.2, 0.25) is 0 Å². The Hall–Kier alpha value is -1.79. The van der Waals surface area contributed by atoms with Crippen molar-refractivity contribution in [3.63, 3.8) is 0 Å². The predicted molar refractivity (Wildman–Crippen MR) is 41.8 cm³/mol. The van der Waals surface area contributed by atoms with Crippen LogP contribution in [0.15, 0.2) is 10.3 Å². The van der Waals surface area contributed by atoms with E-state index in [1.54, 1.807) is 6.92 Å². The molecule has 0 aromatic carbocycles. The maximum atomic E-state index is 9.60. The van der Waals surface area contributed by atoms with E-state index in [1.807, 2.05) is 0 Å². The fraction of sp³-hybridized carbons (Fsp3) is 0.400. The summed E-state index contributed by atoms with van der Waals surface area (Å²) in [6, 6.07) is 0. The number of carbonyl (C=O) groups is 1. The Morgan fingerprint density at radius 2 is 1.92 bits per heavy atom. The van der Waals surface area contributed by atoms with E-state index in [9.17, 15) is 4.79 Å². The smallest absolute Gasteiger partial charge is 0.404 e. The zero-order chi connectivity index (χ0) is 9.82. The number of rotatable bonds is 2. The Kier molecular flexibility index (Phi) is 12.8. The molecule has 0 atom stereocenters. The molecule has 0 bridgehead atoms. The second kappa shape index (κ2) is 11.9. The van der Waals surface area contributed by atoms with Gasteiger partial charge in [-0.2, -0.15) is 0 Å². The lowest BCUT2D eigenvalue weighted by atomic mass is 10.8. The summed E-state index contributed by atoms with van der Waals surface area (Å²) in [6.45, 7) is 2.06. The fourth-order valence-corrected chi connectivity index (χ4v) is 0.202. The number of nitrogens with two attached hydrogens (primary N) is 1. The van der Waals surface area contributed by atoms with Crippen molar-refractivity contribution in [1.29, 1.82) is 0 Å². The highest BCUT2D eigenvalue weighted by Crippen LogP contribution is 1.66. The van der Waals surface area contributed by atoms with Gasteiger partial charge < -0.3 is 20.9 Å². The van der Waals surface area contributed by atoms with Gasteiger partial charge in [0.1, 0.15) is 0 Å². The number of amides is 1. The number of hydrogen-bond donors (Lipinski definition) is 3. The van der Waals surface area contributed by atoms with Gasteiger partial charge in [-0.05, 0) is 6.92 Å². The highest BCUT2D eigenvalue weighted by Gasteiger charge is 1.82. The standard InChI is InChI=1S/C3H7NO2.C2H4N2O2/c1-2-6-3(4)5;5-3-1-2-4-6/h2H2,1H3,(H2,4,5);1-2,5-6H/b;3-1+,4-2+. The molecule has 0 fully saturated rings. The van der Waals surface area contributed by atoms with Crippen LogP contribution < -0.4 is 5.73 Å². The van der Waals surface area contributed by atoms with E-state index < -0.39 is 6.09 Å². The Morgan fingerprint density at radius 3 is 2.00 bits per heavy atom. The molecule has 0 radical (unpaired) electrons. The second-order valence-corrected chi connectivity index (χ2v) is 1.28. The first-order valence-electron chi connectivity index (χ1n) is 2.94. The fourth-order valence-electron chi connectivity index (χ4n) is 0.202. The molecule has 0 unspecified atom stereocenters. The van der Waals surface area contributed by atoms with E-state index in [0.717, 1.165) is 12.4 Å². The average molecular weight is 177 g/mol. The van der Waals surface area contributed by atoms with Crippen molar-refractivity contribution < 1.29 is 19.9 Å². The minimum absolute atomic E-state index is 0.356. The van der Waals surface area contributed by atoms with E-state index >= 15 is 0 Å². The topological polar surface area (TPSA) is 118 Å². The second-order valence-electron chi connectivity index (χ2n) is 1.28. The number of ether oxygens (including phenoxy) is 1. The van der Waals surface area contributed by atoms with Crippen molar-refractivity contribution in [3.05, 3.63) is 0 Å². The van der Waals surface area contributed by atoms with Gasteiger partial charge in [-0.1, -0.05) is 10.3 Å². The van der Waals surface area contributed by atoms with E-state index in [4.69, 9.17) is 10.4 Å². The van der Waals surface area contributed by atoms with Crippen LogP contribution in [0.25, 0.3) is 0 Å². The number of oxime groups is 2. The molecule has 0 aliphatic carbocycles. The van der Waals surface area contributed by atoms with Crippen molar-refractivity contribution in [3.8, 4) is 0 Å². The van der Waals surface area contributed by atoms with E-state index in [1.165, 1.54) is 0 Å². The van der Waals surface area contributed by atoms with Crippen LogP contribution in [-0.4, -0.2) is 35.5 Å². The van der Waals surface area contributed by atoms with Crippen molar-refractivity contribution in [2.75, 3.05) is 6.61 Å². The van der Waals surface area contributed by atoms with Gasteiger partial charge in [0, 0.05) is 0 Å². The summed E-state index contributed by atoms with van der Waals surface area (Å²) in [5.74, 6) is 0. The van der Waals surface area contributed by atoms with Crippen LogP contribution in [0.1, 0.15) is 6.92 Å². The van der Waals surface area contributed by atoms with Gasteiger partial charge in [0.15, 0.2) is 0 Å². The van der Waals surface area contributed by atoms with Crippen LogP contribution in [0.3, 0.4) is 0 Å². The molecule has 0 saturated heterocycles. The predicted octanol–water partition coefficient (Wildman–Crippen LogP) is 0.00800. The van der Waals surface area contributed by atoms with Crippen LogP contribution >= 0.6 is 0 Å². The average Bonchev–Trinajstić information content (AvgIpc) is 2.02. The Bertz CT molecular complexity index is 147. The largest absolute Gasteiger partial charge is 0.450 e. The molecule has 7 heteroatoms. The van der Waals surface area contributed by atoms with Gasteiger partial charge in [-0.15, -0.1) is 0 Å². The van der Waals surface area contributed by atoms with Gasteiger partial charge in [-0.25, -0.2) is 4.79 Å². The minimum atomic E-state index is -0.711. The van der Waals surface area contributed by atoms with Crippen molar-refractivity contribution >= 4 is 18.5 Å². The van der Waals surface area contributed by atoms with Gasteiger partial charge in [0.25, 0.3) is 0 Å². The third-order valence-corrected chi connectivity index (χ3v) is 0.487. The summed E-state index contributed by atoms with van der Waals surface area (Å²) in [6.07, 6.45) is 1.18. The highest BCUT2D eigenvalue weighted by molar-refractivity contribution is 6.15. The van der Waals surface area contributed by atoms with Crippen molar-refractivity contribution in [2.24, 2.45) is 16.0 Å². The lowest BCUT2D eigenvalue weighted by molar-refractivity contribution is 0.163. The third-order valence-electron chi connectivity index (χ3n) is 0.487. The first-order valence-corrected chi connectivity index (χ1v) is 2.94. The lowest BCUT2D eigenvalue weighted by Gasteiger charge is -1.89. The zero-order valence-electron chi connectivity index (χ0n) is 6.54. The molecule has 0 aliphatic rings. The first-order chi connectivity index (χ1) is 5.68. The summed E-state index contributed by atoms with van der Waals surface area (Å²) >= 11 is 0. The minimum Gasteiger partial charge on any atom is -0.450 e. The molecule has 4 N–H and O–H groups in total. The molecule has 0 spiro atoms. The maximum absolute atomic E-state index is 9.60. The zero-order valence-corrected chi connectivity index (χ0v) is 6.54. The van der Waals surface area contributed by atoms with Crippen LogP contribution in [0.5, 0.6) is 0 Å². The normalized spacial score (nSPS) is 9.42. The van der Waals surface area contributed by atoms with E-state index in [2.05, 4.69) is 20.8 Å². The molecule has 1 amide bonds. The highest BCUT2D eigenvalue weighted by atomic mass is 16.5. The van der Waals surface area contributed by atoms with Crippen molar-refractivity contribution in [1.82, 2.24) is 0 Å². The summed E-state index contributed by atoms with van der Waals surface area (Å²) in [5, 5.41) is 20.1. The van der Waals surface area contributed by atoms with E-state index in [-0.39, 0.29) is 0 Å². The maximum Gasteiger partial charge on any atom is 0.404 e. The molecule has 0 aliphatic heterocycles. The number of hydrogen-bond acceptors (Lipinski definition) is 6. The monoisotopic (exact) mass is 177 g/mol. The van der Waals surface area contributed by atoms with Crippen LogP contribution in [0.4, 0.5) is 4.79 Å². The number of carbonyl (C=O) groups excluding carboxylic acids is 1. The molecule has 0 rings (SSSR count).